The summed E-state index contributed by atoms with van der Waals surface area (Å²) in [5.41, 5.74) is 8.67. The standard InChI is InChI=1S/C16H16Cl2N2O/c1-10-3-4-11(8-15(10)18)16(21)20(2)9-12-7-13(19)5-6-14(12)17/h3-8H,9,19H2,1-2H3. The third kappa shape index (κ3) is 3.69. The van der Waals surface area contributed by atoms with Crippen molar-refractivity contribution in [1.82, 2.24) is 4.90 Å². The number of carbonyl (C=O) groups excluding carboxylic acids is 1. The van der Waals surface area contributed by atoms with Crippen LogP contribution >= 0.6 is 23.2 Å². The SMILES string of the molecule is Cc1ccc(C(=O)N(C)Cc2cc(N)ccc2Cl)cc1Cl. The quantitative estimate of drug-likeness (QED) is 0.862. The lowest BCUT2D eigenvalue weighted by Crippen LogP contribution is -2.26. The van der Waals surface area contributed by atoms with Crippen LogP contribution in [-0.2, 0) is 6.54 Å². The Morgan fingerprint density at radius 1 is 1.14 bits per heavy atom. The Bertz CT molecular complexity index is 686. The summed E-state index contributed by atoms with van der Waals surface area (Å²) in [6.07, 6.45) is 0. The van der Waals surface area contributed by atoms with Crippen molar-refractivity contribution in [2.45, 2.75) is 13.5 Å². The lowest BCUT2D eigenvalue weighted by molar-refractivity contribution is 0.0785. The summed E-state index contributed by atoms with van der Waals surface area (Å²) in [5, 5.41) is 1.17. The van der Waals surface area contributed by atoms with Gasteiger partial charge in [0.05, 0.1) is 0 Å². The second-order valence-electron chi connectivity index (χ2n) is 4.98. The second-order valence-corrected chi connectivity index (χ2v) is 5.79. The fourth-order valence-electron chi connectivity index (χ4n) is 1.99. The fourth-order valence-corrected chi connectivity index (χ4v) is 2.35. The van der Waals surface area contributed by atoms with Crippen molar-refractivity contribution >= 4 is 34.8 Å². The van der Waals surface area contributed by atoms with Gasteiger partial charge in [-0.2, -0.15) is 0 Å². The van der Waals surface area contributed by atoms with Gasteiger partial charge in [-0.15, -0.1) is 0 Å². The molecule has 0 bridgehead atoms. The van der Waals surface area contributed by atoms with E-state index in [-0.39, 0.29) is 5.91 Å². The molecule has 21 heavy (non-hydrogen) atoms. The third-order valence-electron chi connectivity index (χ3n) is 3.24. The Hall–Kier alpha value is -1.71. The van der Waals surface area contributed by atoms with E-state index in [1.54, 1.807) is 42.3 Å². The number of hydrogen-bond acceptors (Lipinski definition) is 2. The van der Waals surface area contributed by atoms with Crippen molar-refractivity contribution in [2.24, 2.45) is 0 Å². The van der Waals surface area contributed by atoms with E-state index in [9.17, 15) is 4.79 Å². The number of hydrogen-bond donors (Lipinski definition) is 1. The first-order chi connectivity index (χ1) is 9.88. The summed E-state index contributed by atoms with van der Waals surface area (Å²) in [5.74, 6) is -0.115. The summed E-state index contributed by atoms with van der Waals surface area (Å²) >= 11 is 12.2. The number of halogens is 2. The highest BCUT2D eigenvalue weighted by Gasteiger charge is 2.14. The Kier molecular flexibility index (Phi) is 4.76. The van der Waals surface area contributed by atoms with Crippen LogP contribution in [0.1, 0.15) is 21.5 Å². The normalized spacial score (nSPS) is 10.5. The largest absolute Gasteiger partial charge is 0.399 e. The van der Waals surface area contributed by atoms with Crippen molar-refractivity contribution < 1.29 is 4.79 Å². The Morgan fingerprint density at radius 2 is 1.86 bits per heavy atom. The van der Waals surface area contributed by atoms with E-state index in [0.29, 0.717) is 27.8 Å². The number of anilines is 1. The molecule has 0 spiro atoms. The Labute approximate surface area is 134 Å². The van der Waals surface area contributed by atoms with E-state index in [2.05, 4.69) is 0 Å². The average molecular weight is 323 g/mol. The topological polar surface area (TPSA) is 46.3 Å². The van der Waals surface area contributed by atoms with E-state index >= 15 is 0 Å². The molecule has 2 aromatic carbocycles. The maximum atomic E-state index is 12.4. The first kappa shape index (κ1) is 15.7. The minimum absolute atomic E-state index is 0.115. The molecule has 0 saturated carbocycles. The molecule has 0 fully saturated rings. The van der Waals surface area contributed by atoms with Crippen LogP contribution in [-0.4, -0.2) is 17.9 Å². The molecule has 0 aliphatic carbocycles. The highest BCUT2D eigenvalue weighted by Crippen LogP contribution is 2.22. The van der Waals surface area contributed by atoms with Crippen molar-refractivity contribution in [1.29, 1.82) is 0 Å². The van der Waals surface area contributed by atoms with Crippen molar-refractivity contribution in [2.75, 3.05) is 12.8 Å². The number of nitrogens with zero attached hydrogens (tertiary/aromatic N) is 1. The van der Waals surface area contributed by atoms with Crippen LogP contribution in [0, 0.1) is 6.92 Å². The number of amides is 1. The zero-order chi connectivity index (χ0) is 15.6. The summed E-state index contributed by atoms with van der Waals surface area (Å²) in [7, 11) is 1.72. The second kappa shape index (κ2) is 6.37. The molecule has 3 nitrogen and oxygen atoms in total. The molecule has 0 atom stereocenters. The Morgan fingerprint density at radius 3 is 2.52 bits per heavy atom. The van der Waals surface area contributed by atoms with Crippen LogP contribution in [0.4, 0.5) is 5.69 Å². The molecule has 110 valence electrons. The Balaban J connectivity index is 2.19. The summed E-state index contributed by atoms with van der Waals surface area (Å²) in [6.45, 7) is 2.28. The number of benzene rings is 2. The number of carbonyl (C=O) groups is 1. The predicted molar refractivity (Wildman–Crippen MR) is 87.9 cm³/mol. The van der Waals surface area contributed by atoms with E-state index in [1.807, 2.05) is 13.0 Å². The van der Waals surface area contributed by atoms with Gasteiger partial charge in [0.15, 0.2) is 0 Å². The molecular formula is C16H16Cl2N2O. The lowest BCUT2D eigenvalue weighted by Gasteiger charge is -2.18. The molecule has 0 aliphatic rings. The van der Waals surface area contributed by atoms with Gasteiger partial charge in [0, 0.05) is 34.9 Å². The van der Waals surface area contributed by atoms with Gasteiger partial charge >= 0.3 is 0 Å². The monoisotopic (exact) mass is 322 g/mol. The molecule has 0 saturated heterocycles. The van der Waals surface area contributed by atoms with E-state index in [0.717, 1.165) is 11.1 Å². The van der Waals surface area contributed by atoms with Crippen molar-refractivity contribution in [3.05, 3.63) is 63.1 Å². The summed E-state index contributed by atoms with van der Waals surface area (Å²) in [6, 6.07) is 10.5. The van der Waals surface area contributed by atoms with Gasteiger partial charge in [-0.05, 0) is 48.4 Å². The van der Waals surface area contributed by atoms with Gasteiger partial charge in [-0.3, -0.25) is 4.79 Å². The molecule has 0 aliphatic heterocycles. The molecule has 0 unspecified atom stereocenters. The van der Waals surface area contributed by atoms with E-state index in [1.165, 1.54) is 0 Å². The predicted octanol–water partition coefficient (Wildman–Crippen LogP) is 4.16. The maximum absolute atomic E-state index is 12.4. The summed E-state index contributed by atoms with van der Waals surface area (Å²) in [4.78, 5) is 14.0. The highest BCUT2D eigenvalue weighted by molar-refractivity contribution is 6.32. The number of rotatable bonds is 3. The van der Waals surface area contributed by atoms with Crippen LogP contribution in [0.2, 0.25) is 10.0 Å². The number of nitrogen functional groups attached to an aromatic ring is 1. The van der Waals surface area contributed by atoms with Crippen LogP contribution in [0.5, 0.6) is 0 Å². The van der Waals surface area contributed by atoms with Crippen LogP contribution in [0.25, 0.3) is 0 Å². The zero-order valence-corrected chi connectivity index (χ0v) is 13.4. The molecular weight excluding hydrogens is 307 g/mol. The average Bonchev–Trinajstić information content (AvgIpc) is 2.45. The smallest absolute Gasteiger partial charge is 0.253 e. The van der Waals surface area contributed by atoms with Crippen molar-refractivity contribution in [3.8, 4) is 0 Å². The first-order valence-electron chi connectivity index (χ1n) is 6.44. The van der Waals surface area contributed by atoms with Crippen LogP contribution < -0.4 is 5.73 Å². The lowest BCUT2D eigenvalue weighted by atomic mass is 10.1. The summed E-state index contributed by atoms with van der Waals surface area (Å²) < 4.78 is 0. The number of nitrogens with two attached hydrogens (primary N) is 1. The van der Waals surface area contributed by atoms with Gasteiger partial charge in [0.25, 0.3) is 5.91 Å². The molecule has 2 aromatic rings. The van der Waals surface area contributed by atoms with E-state index < -0.39 is 0 Å². The zero-order valence-electron chi connectivity index (χ0n) is 11.9. The van der Waals surface area contributed by atoms with Crippen LogP contribution in [0.3, 0.4) is 0 Å². The molecule has 0 radical (unpaired) electrons. The molecule has 0 heterocycles. The van der Waals surface area contributed by atoms with Gasteiger partial charge in [-0.25, -0.2) is 0 Å². The van der Waals surface area contributed by atoms with Gasteiger partial charge in [-0.1, -0.05) is 29.3 Å². The molecule has 2 rings (SSSR count). The molecule has 1 amide bonds. The van der Waals surface area contributed by atoms with Gasteiger partial charge in [0.1, 0.15) is 0 Å². The van der Waals surface area contributed by atoms with Gasteiger partial charge in [0.2, 0.25) is 0 Å². The highest BCUT2D eigenvalue weighted by atomic mass is 35.5. The minimum atomic E-state index is -0.115. The molecule has 2 N–H and O–H groups in total. The van der Waals surface area contributed by atoms with Crippen molar-refractivity contribution in [3.63, 3.8) is 0 Å². The molecule has 5 heteroatoms. The minimum Gasteiger partial charge on any atom is -0.399 e. The molecule has 0 aromatic heterocycles. The third-order valence-corrected chi connectivity index (χ3v) is 4.02. The fraction of sp³-hybridized carbons (Fsp3) is 0.188. The maximum Gasteiger partial charge on any atom is 0.253 e. The first-order valence-corrected chi connectivity index (χ1v) is 7.19. The van der Waals surface area contributed by atoms with Gasteiger partial charge < -0.3 is 10.6 Å². The number of aryl methyl sites for hydroxylation is 1. The van der Waals surface area contributed by atoms with E-state index in [4.69, 9.17) is 28.9 Å². The van der Waals surface area contributed by atoms with Crippen LogP contribution in [0.15, 0.2) is 36.4 Å².